The largest absolute Gasteiger partial charge is 0.437 e. The second kappa shape index (κ2) is 7.93. The van der Waals surface area contributed by atoms with E-state index in [1.807, 2.05) is 24.3 Å². The van der Waals surface area contributed by atoms with Crippen LogP contribution in [0.15, 0.2) is 78.1 Å². The SMILES string of the molecule is NC1Sc2ccccc2N1c1ccc(Oc2nccnc2-c2ccnc(F)c2)cc1F. The molecule has 4 aromatic rings. The molecule has 0 bridgehead atoms. The van der Waals surface area contributed by atoms with Crippen molar-refractivity contribution in [2.75, 3.05) is 4.90 Å². The van der Waals surface area contributed by atoms with E-state index in [0.717, 1.165) is 10.6 Å². The highest BCUT2D eigenvalue weighted by molar-refractivity contribution is 8.00. The van der Waals surface area contributed by atoms with Crippen LogP contribution in [0.1, 0.15) is 0 Å². The van der Waals surface area contributed by atoms with Gasteiger partial charge >= 0.3 is 0 Å². The van der Waals surface area contributed by atoms with Crippen LogP contribution in [0.25, 0.3) is 11.3 Å². The molecule has 0 radical (unpaired) electrons. The zero-order chi connectivity index (χ0) is 21.4. The highest BCUT2D eigenvalue weighted by Gasteiger charge is 2.30. The van der Waals surface area contributed by atoms with Gasteiger partial charge in [-0.2, -0.15) is 4.39 Å². The third-order valence-corrected chi connectivity index (χ3v) is 5.74. The zero-order valence-electron chi connectivity index (χ0n) is 15.9. The summed E-state index contributed by atoms with van der Waals surface area (Å²) in [7, 11) is 0. The molecule has 0 spiro atoms. The first kappa shape index (κ1) is 19.4. The van der Waals surface area contributed by atoms with Gasteiger partial charge in [0.1, 0.15) is 16.9 Å². The normalized spacial score (nSPS) is 15.1. The molecular weight excluding hydrogens is 420 g/mol. The zero-order valence-corrected chi connectivity index (χ0v) is 16.8. The summed E-state index contributed by atoms with van der Waals surface area (Å²) >= 11 is 1.46. The summed E-state index contributed by atoms with van der Waals surface area (Å²) in [5.41, 5.74) is 7.75. The van der Waals surface area contributed by atoms with Gasteiger partial charge in [0.25, 0.3) is 0 Å². The number of hydrogen-bond acceptors (Lipinski definition) is 7. The van der Waals surface area contributed by atoms with E-state index >= 15 is 4.39 Å². The number of benzene rings is 2. The van der Waals surface area contributed by atoms with Gasteiger partial charge in [0.05, 0.1) is 11.4 Å². The Morgan fingerprint density at radius 3 is 2.58 bits per heavy atom. The van der Waals surface area contributed by atoms with Crippen molar-refractivity contribution >= 4 is 23.1 Å². The van der Waals surface area contributed by atoms with E-state index in [2.05, 4.69) is 15.0 Å². The Hall–Kier alpha value is -3.56. The standard InChI is InChI=1S/C22H15F2N5OS/c23-15-12-14(5-6-16(15)29-17-3-1-2-4-18(17)31-22(29)25)30-21-20(27-9-10-28-21)13-7-8-26-19(24)11-13/h1-12,22H,25H2. The third kappa shape index (κ3) is 3.69. The summed E-state index contributed by atoms with van der Waals surface area (Å²) in [4.78, 5) is 14.7. The first-order chi connectivity index (χ1) is 15.1. The summed E-state index contributed by atoms with van der Waals surface area (Å²) in [6.07, 6.45) is 4.24. The van der Waals surface area contributed by atoms with E-state index in [1.54, 1.807) is 23.1 Å². The number of pyridine rings is 1. The fraction of sp³-hybridized carbons (Fsp3) is 0.0455. The molecule has 2 aromatic carbocycles. The number of nitrogens with zero attached hydrogens (tertiary/aromatic N) is 4. The van der Waals surface area contributed by atoms with E-state index in [0.29, 0.717) is 16.9 Å². The average Bonchev–Trinajstić information content (AvgIpc) is 3.10. The summed E-state index contributed by atoms with van der Waals surface area (Å²) < 4.78 is 34.4. The summed E-state index contributed by atoms with van der Waals surface area (Å²) in [6, 6.07) is 15.0. The monoisotopic (exact) mass is 435 g/mol. The van der Waals surface area contributed by atoms with E-state index in [1.165, 1.54) is 42.5 Å². The second-order valence-electron chi connectivity index (χ2n) is 6.64. The van der Waals surface area contributed by atoms with Crippen molar-refractivity contribution in [1.82, 2.24) is 15.0 Å². The number of halogens is 2. The van der Waals surface area contributed by atoms with Crippen LogP contribution in [0, 0.1) is 11.8 Å². The van der Waals surface area contributed by atoms with Crippen LogP contribution in [0.4, 0.5) is 20.2 Å². The van der Waals surface area contributed by atoms with Crippen LogP contribution >= 0.6 is 11.8 Å². The second-order valence-corrected chi connectivity index (χ2v) is 7.80. The van der Waals surface area contributed by atoms with E-state index in [-0.39, 0.29) is 11.6 Å². The van der Waals surface area contributed by atoms with Crippen LogP contribution in [0.5, 0.6) is 11.6 Å². The molecule has 0 saturated carbocycles. The lowest BCUT2D eigenvalue weighted by molar-refractivity contribution is 0.457. The predicted molar refractivity (Wildman–Crippen MR) is 114 cm³/mol. The van der Waals surface area contributed by atoms with Gasteiger partial charge in [-0.1, -0.05) is 23.9 Å². The van der Waals surface area contributed by atoms with Gasteiger partial charge in [0.15, 0.2) is 5.82 Å². The van der Waals surface area contributed by atoms with Crippen molar-refractivity contribution in [2.45, 2.75) is 10.4 Å². The molecule has 6 nitrogen and oxygen atoms in total. The molecular formula is C22H15F2N5OS. The Labute approximate surface area is 180 Å². The Balaban J connectivity index is 1.46. The van der Waals surface area contributed by atoms with Gasteiger partial charge in [0.2, 0.25) is 11.8 Å². The molecule has 9 heteroatoms. The minimum atomic E-state index is -0.649. The number of hydrogen-bond donors (Lipinski definition) is 1. The van der Waals surface area contributed by atoms with Gasteiger partial charge in [-0.05, 0) is 30.3 Å². The summed E-state index contributed by atoms with van der Waals surface area (Å²) in [5.74, 6) is -0.791. The van der Waals surface area contributed by atoms with Crippen molar-refractivity contribution < 1.29 is 13.5 Å². The van der Waals surface area contributed by atoms with Crippen LogP contribution in [-0.4, -0.2) is 20.4 Å². The fourth-order valence-corrected chi connectivity index (χ4v) is 4.39. The Morgan fingerprint density at radius 2 is 1.74 bits per heavy atom. The van der Waals surface area contributed by atoms with Crippen molar-refractivity contribution in [3.05, 3.63) is 85.0 Å². The van der Waals surface area contributed by atoms with Gasteiger partial charge in [-0.3, -0.25) is 0 Å². The number of aromatic nitrogens is 3. The molecule has 5 rings (SSSR count). The lowest BCUT2D eigenvalue weighted by Crippen LogP contribution is -2.32. The van der Waals surface area contributed by atoms with Crippen LogP contribution in [0.3, 0.4) is 0 Å². The number of para-hydroxylation sites is 1. The molecule has 31 heavy (non-hydrogen) atoms. The van der Waals surface area contributed by atoms with Gasteiger partial charge in [-0.15, -0.1) is 0 Å². The molecule has 1 atom stereocenters. The van der Waals surface area contributed by atoms with Crippen molar-refractivity contribution in [3.63, 3.8) is 0 Å². The molecule has 0 saturated heterocycles. The predicted octanol–water partition coefficient (Wildman–Crippen LogP) is 5.10. The smallest absolute Gasteiger partial charge is 0.246 e. The molecule has 1 aliphatic rings. The van der Waals surface area contributed by atoms with Crippen LogP contribution in [0.2, 0.25) is 0 Å². The molecule has 3 heterocycles. The van der Waals surface area contributed by atoms with Gasteiger partial charge in [-0.25, -0.2) is 19.3 Å². The van der Waals surface area contributed by atoms with E-state index in [9.17, 15) is 4.39 Å². The van der Waals surface area contributed by atoms with Gasteiger partial charge < -0.3 is 15.4 Å². The number of thioether (sulfide) groups is 1. The first-order valence-electron chi connectivity index (χ1n) is 9.31. The van der Waals surface area contributed by atoms with E-state index in [4.69, 9.17) is 10.5 Å². The minimum absolute atomic E-state index is 0.124. The lowest BCUT2D eigenvalue weighted by Gasteiger charge is -2.24. The molecule has 1 aliphatic heterocycles. The highest BCUT2D eigenvalue weighted by atomic mass is 32.2. The summed E-state index contributed by atoms with van der Waals surface area (Å²) in [6.45, 7) is 0. The molecule has 0 aliphatic carbocycles. The van der Waals surface area contributed by atoms with Crippen molar-refractivity contribution in [1.29, 1.82) is 0 Å². The number of ether oxygens (including phenoxy) is 1. The third-order valence-electron chi connectivity index (χ3n) is 4.68. The van der Waals surface area contributed by atoms with Gasteiger partial charge in [0, 0.05) is 41.2 Å². The maximum Gasteiger partial charge on any atom is 0.246 e. The van der Waals surface area contributed by atoms with Crippen molar-refractivity contribution in [3.8, 4) is 22.9 Å². The Bertz CT molecular complexity index is 1270. The maximum atomic E-state index is 15.1. The molecule has 0 fully saturated rings. The molecule has 154 valence electrons. The minimum Gasteiger partial charge on any atom is -0.437 e. The molecule has 2 N–H and O–H groups in total. The first-order valence-corrected chi connectivity index (χ1v) is 10.2. The fourth-order valence-electron chi connectivity index (χ4n) is 3.35. The highest BCUT2D eigenvalue weighted by Crippen LogP contribution is 2.46. The van der Waals surface area contributed by atoms with Crippen LogP contribution in [-0.2, 0) is 0 Å². The van der Waals surface area contributed by atoms with Crippen LogP contribution < -0.4 is 15.4 Å². The number of anilines is 2. The molecule has 0 amide bonds. The molecule has 1 unspecified atom stereocenters. The quantitative estimate of drug-likeness (QED) is 0.447. The average molecular weight is 435 g/mol. The molecule has 2 aromatic heterocycles. The Morgan fingerprint density at radius 1 is 0.903 bits per heavy atom. The number of rotatable bonds is 4. The number of nitrogens with two attached hydrogens (primary N) is 1. The van der Waals surface area contributed by atoms with E-state index < -0.39 is 17.3 Å². The number of fused-ring (bicyclic) bond motifs is 1. The summed E-state index contributed by atoms with van der Waals surface area (Å²) in [5, 5.41) is 0. The maximum absolute atomic E-state index is 15.1. The Kier molecular flexibility index (Phi) is 4.97. The topological polar surface area (TPSA) is 77.2 Å². The van der Waals surface area contributed by atoms with Crippen molar-refractivity contribution in [2.24, 2.45) is 5.73 Å². The lowest BCUT2D eigenvalue weighted by atomic mass is 10.2.